The lowest BCUT2D eigenvalue weighted by molar-refractivity contribution is -0.384. The number of hydrogen-bond acceptors (Lipinski definition) is 6. The van der Waals surface area contributed by atoms with E-state index in [-0.39, 0.29) is 29.3 Å². The lowest BCUT2D eigenvalue weighted by atomic mass is 10.2. The molecule has 7 nitrogen and oxygen atoms in total. The summed E-state index contributed by atoms with van der Waals surface area (Å²) in [7, 11) is 0. The Hall–Kier alpha value is -1.47. The number of nitrogens with zero attached hydrogens (tertiary/aromatic N) is 4. The first kappa shape index (κ1) is 12.0. The van der Waals surface area contributed by atoms with Crippen LogP contribution in [-0.4, -0.2) is 39.2 Å². The van der Waals surface area contributed by atoms with Gasteiger partial charge in [0.05, 0.1) is 17.6 Å². The van der Waals surface area contributed by atoms with Crippen LogP contribution >= 0.6 is 11.6 Å². The second-order valence-corrected chi connectivity index (χ2v) is 4.12. The van der Waals surface area contributed by atoms with Crippen LogP contribution in [0.3, 0.4) is 0 Å². The predicted octanol–water partition coefficient (Wildman–Crippen LogP) is 0.999. The molecule has 0 radical (unpaired) electrons. The average molecular weight is 259 g/mol. The Morgan fingerprint density at radius 2 is 2.41 bits per heavy atom. The normalized spacial score (nSPS) is 19.6. The van der Waals surface area contributed by atoms with Crippen LogP contribution < -0.4 is 4.90 Å². The van der Waals surface area contributed by atoms with Crippen molar-refractivity contribution in [3.8, 4) is 0 Å². The number of aromatic nitrogens is 2. The van der Waals surface area contributed by atoms with Crippen molar-refractivity contribution in [2.45, 2.75) is 18.9 Å². The maximum absolute atomic E-state index is 10.9. The van der Waals surface area contributed by atoms with Crippen molar-refractivity contribution in [3.63, 3.8) is 0 Å². The minimum atomic E-state index is -0.593. The van der Waals surface area contributed by atoms with Crippen molar-refractivity contribution < 1.29 is 10.0 Å². The van der Waals surface area contributed by atoms with E-state index < -0.39 is 4.92 Å². The van der Waals surface area contributed by atoms with Crippen LogP contribution in [-0.2, 0) is 0 Å². The first-order valence-electron chi connectivity index (χ1n) is 5.17. The van der Waals surface area contributed by atoms with Gasteiger partial charge in [0.25, 0.3) is 0 Å². The van der Waals surface area contributed by atoms with Crippen LogP contribution in [0.2, 0.25) is 5.15 Å². The van der Waals surface area contributed by atoms with E-state index in [2.05, 4.69) is 9.97 Å². The SMILES string of the molecule is O=[N+]([O-])c1c(Cl)ncnc1N1CCCC1CO. The number of halogens is 1. The van der Waals surface area contributed by atoms with Crippen molar-refractivity contribution >= 4 is 23.1 Å². The molecule has 1 fully saturated rings. The fourth-order valence-electron chi connectivity index (χ4n) is 2.02. The molecule has 1 unspecified atom stereocenters. The molecule has 2 heterocycles. The molecule has 0 saturated carbocycles. The third-order valence-electron chi connectivity index (χ3n) is 2.80. The van der Waals surface area contributed by atoms with Gasteiger partial charge in [0.15, 0.2) is 0 Å². The van der Waals surface area contributed by atoms with E-state index in [0.29, 0.717) is 6.54 Å². The number of anilines is 1. The van der Waals surface area contributed by atoms with Gasteiger partial charge in [0.1, 0.15) is 6.33 Å². The summed E-state index contributed by atoms with van der Waals surface area (Å²) in [5, 5.41) is 20.0. The Labute approximate surface area is 102 Å². The highest BCUT2D eigenvalue weighted by Gasteiger charge is 2.32. The molecule has 1 aromatic rings. The van der Waals surface area contributed by atoms with E-state index in [1.807, 2.05) is 0 Å². The summed E-state index contributed by atoms with van der Waals surface area (Å²) in [6.45, 7) is 0.568. The van der Waals surface area contributed by atoms with Crippen molar-refractivity contribution in [2.75, 3.05) is 18.1 Å². The van der Waals surface area contributed by atoms with E-state index in [1.165, 1.54) is 6.33 Å². The first-order valence-corrected chi connectivity index (χ1v) is 5.55. The fraction of sp³-hybridized carbons (Fsp3) is 0.556. The van der Waals surface area contributed by atoms with E-state index in [1.54, 1.807) is 4.90 Å². The zero-order valence-corrected chi connectivity index (χ0v) is 9.67. The third-order valence-corrected chi connectivity index (χ3v) is 3.08. The van der Waals surface area contributed by atoms with E-state index >= 15 is 0 Å². The van der Waals surface area contributed by atoms with Crippen LogP contribution in [0, 0.1) is 10.1 Å². The summed E-state index contributed by atoms with van der Waals surface area (Å²) in [6.07, 6.45) is 2.84. The van der Waals surface area contributed by atoms with Crippen LogP contribution in [0.15, 0.2) is 6.33 Å². The van der Waals surface area contributed by atoms with E-state index in [0.717, 1.165) is 12.8 Å². The maximum Gasteiger partial charge on any atom is 0.348 e. The largest absolute Gasteiger partial charge is 0.394 e. The van der Waals surface area contributed by atoms with Gasteiger partial charge in [-0.3, -0.25) is 10.1 Å². The van der Waals surface area contributed by atoms with E-state index in [9.17, 15) is 15.2 Å². The molecular formula is C9H11ClN4O3. The van der Waals surface area contributed by atoms with Gasteiger partial charge in [-0.05, 0) is 12.8 Å². The van der Waals surface area contributed by atoms with Gasteiger partial charge in [0, 0.05) is 6.54 Å². The molecule has 1 N–H and O–H groups in total. The summed E-state index contributed by atoms with van der Waals surface area (Å²) >= 11 is 5.71. The third kappa shape index (κ3) is 2.16. The summed E-state index contributed by atoms with van der Waals surface area (Å²) in [5.74, 6) is 0.187. The van der Waals surface area contributed by atoms with Crippen LogP contribution in [0.4, 0.5) is 11.5 Å². The molecule has 2 rings (SSSR count). The van der Waals surface area contributed by atoms with Gasteiger partial charge in [-0.25, -0.2) is 9.97 Å². The molecule has 1 aliphatic heterocycles. The molecule has 1 aromatic heterocycles. The van der Waals surface area contributed by atoms with Crippen molar-refractivity contribution in [1.29, 1.82) is 0 Å². The lowest BCUT2D eigenvalue weighted by Gasteiger charge is -2.23. The predicted molar refractivity (Wildman–Crippen MR) is 61.2 cm³/mol. The van der Waals surface area contributed by atoms with Gasteiger partial charge >= 0.3 is 5.69 Å². The minimum absolute atomic E-state index is 0.0568. The molecule has 0 spiro atoms. The zero-order chi connectivity index (χ0) is 12.4. The van der Waals surface area contributed by atoms with Crippen molar-refractivity contribution in [2.24, 2.45) is 0 Å². The Morgan fingerprint density at radius 3 is 3.06 bits per heavy atom. The number of rotatable bonds is 3. The van der Waals surface area contributed by atoms with Crippen molar-refractivity contribution in [3.05, 3.63) is 21.6 Å². The monoisotopic (exact) mass is 258 g/mol. The minimum Gasteiger partial charge on any atom is -0.394 e. The molecular weight excluding hydrogens is 248 g/mol. The molecule has 0 amide bonds. The molecule has 1 atom stereocenters. The standard InChI is InChI=1S/C9H11ClN4O3/c10-8-7(14(16)17)9(12-5-11-8)13-3-1-2-6(13)4-15/h5-6,15H,1-4H2. The molecule has 1 aliphatic rings. The smallest absolute Gasteiger partial charge is 0.348 e. The molecule has 92 valence electrons. The highest BCUT2D eigenvalue weighted by molar-refractivity contribution is 6.31. The summed E-state index contributed by atoms with van der Waals surface area (Å²) in [4.78, 5) is 19.6. The number of aliphatic hydroxyl groups excluding tert-OH is 1. The Morgan fingerprint density at radius 1 is 1.65 bits per heavy atom. The van der Waals surface area contributed by atoms with Crippen LogP contribution in [0.25, 0.3) is 0 Å². The Bertz CT molecular complexity index is 442. The van der Waals surface area contributed by atoms with Gasteiger partial charge < -0.3 is 10.0 Å². The fourth-order valence-corrected chi connectivity index (χ4v) is 2.22. The number of nitro groups is 1. The average Bonchev–Trinajstić information content (AvgIpc) is 2.75. The van der Waals surface area contributed by atoms with Crippen LogP contribution in [0.1, 0.15) is 12.8 Å². The van der Waals surface area contributed by atoms with E-state index in [4.69, 9.17) is 11.6 Å². The molecule has 8 heteroatoms. The summed E-state index contributed by atoms with van der Waals surface area (Å²) in [6, 6.07) is -0.139. The second-order valence-electron chi connectivity index (χ2n) is 3.77. The summed E-state index contributed by atoms with van der Waals surface area (Å²) in [5.41, 5.74) is -0.297. The highest BCUT2D eigenvalue weighted by atomic mass is 35.5. The Balaban J connectivity index is 2.44. The molecule has 17 heavy (non-hydrogen) atoms. The van der Waals surface area contributed by atoms with Crippen molar-refractivity contribution in [1.82, 2.24) is 9.97 Å². The van der Waals surface area contributed by atoms with Gasteiger partial charge in [-0.2, -0.15) is 0 Å². The van der Waals surface area contributed by atoms with Crippen LogP contribution in [0.5, 0.6) is 0 Å². The maximum atomic E-state index is 10.9. The molecule has 0 bridgehead atoms. The first-order chi connectivity index (χ1) is 8.15. The van der Waals surface area contributed by atoms with Gasteiger partial charge in [-0.15, -0.1) is 0 Å². The number of aliphatic hydroxyl groups is 1. The molecule has 0 aromatic carbocycles. The summed E-state index contributed by atoms with van der Waals surface area (Å²) < 4.78 is 0. The zero-order valence-electron chi connectivity index (χ0n) is 8.91. The second kappa shape index (κ2) is 4.80. The lowest BCUT2D eigenvalue weighted by Crippen LogP contribution is -2.33. The highest BCUT2D eigenvalue weighted by Crippen LogP contribution is 2.34. The molecule has 1 saturated heterocycles. The quantitative estimate of drug-likeness (QED) is 0.494. The van der Waals surface area contributed by atoms with Gasteiger partial charge in [-0.1, -0.05) is 11.6 Å². The number of hydrogen-bond donors (Lipinski definition) is 1. The molecule has 0 aliphatic carbocycles. The topological polar surface area (TPSA) is 92.4 Å². The van der Waals surface area contributed by atoms with Gasteiger partial charge in [0.2, 0.25) is 11.0 Å². The Kier molecular flexibility index (Phi) is 3.39.